The molecule has 1 aliphatic heterocycles. The number of benzene rings is 1. The summed E-state index contributed by atoms with van der Waals surface area (Å²) in [5.41, 5.74) is 0.535. The molecule has 0 unspecified atom stereocenters. The van der Waals surface area contributed by atoms with Crippen LogP contribution in [0.1, 0.15) is 16.2 Å². The van der Waals surface area contributed by atoms with Gasteiger partial charge in [-0.05, 0) is 28.1 Å². The number of rotatable bonds is 3. The molecular weight excluding hydrogens is 341 g/mol. The zero-order chi connectivity index (χ0) is 15.1. The van der Waals surface area contributed by atoms with Gasteiger partial charge in [-0.1, -0.05) is 0 Å². The number of carbonyl (C=O) groups is 2. The zero-order valence-electron chi connectivity index (χ0n) is 11.1. The van der Waals surface area contributed by atoms with Crippen molar-refractivity contribution in [1.82, 2.24) is 9.55 Å². The van der Waals surface area contributed by atoms with Crippen molar-refractivity contribution in [3.8, 4) is 0 Å². The lowest BCUT2D eigenvalue weighted by Gasteiger charge is -2.17. The van der Waals surface area contributed by atoms with E-state index < -0.39 is 17.5 Å². The molecule has 0 fully saturated rings. The number of anilines is 1. The largest absolute Gasteiger partial charge is 0.338 e. The number of carbonyl (C=O) groups excluding carboxylic acids is 2. The highest BCUT2D eigenvalue weighted by molar-refractivity contribution is 9.10. The predicted molar refractivity (Wildman–Crippen MR) is 77.7 cm³/mol. The Morgan fingerprint density at radius 3 is 2.76 bits per heavy atom. The fraction of sp³-hybridized carbons (Fsp3) is 0.214. The monoisotopic (exact) mass is 351 g/mol. The molecule has 0 saturated heterocycles. The van der Waals surface area contributed by atoms with E-state index in [9.17, 15) is 14.0 Å². The van der Waals surface area contributed by atoms with Crippen LogP contribution in [0.25, 0.3) is 0 Å². The van der Waals surface area contributed by atoms with Crippen LogP contribution in [0.15, 0.2) is 29.0 Å². The van der Waals surface area contributed by atoms with Gasteiger partial charge >= 0.3 is 0 Å². The average Bonchev–Trinajstić information content (AvgIpc) is 2.93. The van der Waals surface area contributed by atoms with E-state index in [4.69, 9.17) is 0 Å². The maximum absolute atomic E-state index is 13.4. The Kier molecular flexibility index (Phi) is 3.36. The minimum atomic E-state index is -0.676. The van der Waals surface area contributed by atoms with Crippen LogP contribution in [0.2, 0.25) is 0 Å². The lowest BCUT2D eigenvalue weighted by atomic mass is 10.1. The molecule has 0 radical (unpaired) electrons. The molecule has 3 rings (SSSR count). The third kappa shape index (κ3) is 2.27. The number of aromatic nitrogens is 2. The summed E-state index contributed by atoms with van der Waals surface area (Å²) in [5, 5.41) is 0. The molecule has 2 heterocycles. The van der Waals surface area contributed by atoms with Crippen molar-refractivity contribution in [3.63, 3.8) is 0 Å². The van der Waals surface area contributed by atoms with E-state index in [1.54, 1.807) is 6.20 Å². The van der Waals surface area contributed by atoms with Gasteiger partial charge in [-0.15, -0.1) is 0 Å². The Hall–Kier alpha value is -2.02. The normalized spacial score (nSPS) is 14.0. The molecule has 0 atom stereocenters. The van der Waals surface area contributed by atoms with Crippen molar-refractivity contribution in [1.29, 1.82) is 0 Å². The zero-order valence-corrected chi connectivity index (χ0v) is 12.7. The van der Waals surface area contributed by atoms with Gasteiger partial charge in [-0.3, -0.25) is 9.59 Å². The smallest absolute Gasteiger partial charge is 0.299 e. The van der Waals surface area contributed by atoms with Gasteiger partial charge in [0, 0.05) is 36.9 Å². The Morgan fingerprint density at radius 1 is 1.33 bits per heavy atom. The van der Waals surface area contributed by atoms with Crippen molar-refractivity contribution < 1.29 is 14.0 Å². The van der Waals surface area contributed by atoms with E-state index in [1.807, 2.05) is 17.8 Å². The van der Waals surface area contributed by atoms with Crippen molar-refractivity contribution in [2.75, 3.05) is 11.4 Å². The molecule has 1 aromatic carbocycles. The predicted octanol–water partition coefficient (Wildman–Crippen LogP) is 2.09. The minimum absolute atomic E-state index is 0.103. The minimum Gasteiger partial charge on any atom is -0.338 e. The number of ketones is 1. The molecule has 5 nitrogen and oxygen atoms in total. The second kappa shape index (κ2) is 5.07. The lowest BCUT2D eigenvalue weighted by Crippen LogP contribution is -2.32. The lowest BCUT2D eigenvalue weighted by molar-refractivity contribution is -0.114. The summed E-state index contributed by atoms with van der Waals surface area (Å²) in [5.74, 6) is -1.05. The van der Waals surface area contributed by atoms with Gasteiger partial charge in [0.2, 0.25) is 0 Å². The standard InChI is InChI=1S/C14H11BrFN3O2/c1-18-5-3-17-11(18)2-4-19-12-9(13(20)14(19)21)6-8(16)7-10(12)15/h3,5-7H,2,4H2,1H3. The molecule has 2 aromatic rings. The average molecular weight is 352 g/mol. The summed E-state index contributed by atoms with van der Waals surface area (Å²) < 4.78 is 15.6. The van der Waals surface area contributed by atoms with E-state index in [-0.39, 0.29) is 5.56 Å². The number of imidazole rings is 1. The fourth-order valence-corrected chi connectivity index (χ4v) is 3.06. The number of hydrogen-bond acceptors (Lipinski definition) is 3. The number of hydrogen-bond donors (Lipinski definition) is 0. The van der Waals surface area contributed by atoms with E-state index in [0.717, 1.165) is 11.9 Å². The van der Waals surface area contributed by atoms with Gasteiger partial charge in [0.25, 0.3) is 11.7 Å². The van der Waals surface area contributed by atoms with Crippen LogP contribution in [0.5, 0.6) is 0 Å². The molecule has 0 aliphatic carbocycles. The molecule has 108 valence electrons. The molecule has 0 saturated carbocycles. The van der Waals surface area contributed by atoms with Crippen LogP contribution >= 0.6 is 15.9 Å². The second-order valence-electron chi connectivity index (χ2n) is 4.77. The number of nitrogens with zero attached hydrogens (tertiary/aromatic N) is 3. The van der Waals surface area contributed by atoms with Gasteiger partial charge < -0.3 is 9.47 Å². The molecule has 1 amide bonds. The van der Waals surface area contributed by atoms with Crippen LogP contribution in [-0.4, -0.2) is 27.8 Å². The first-order chi connectivity index (χ1) is 9.99. The highest BCUT2D eigenvalue weighted by Crippen LogP contribution is 2.36. The maximum atomic E-state index is 13.4. The van der Waals surface area contributed by atoms with Crippen LogP contribution in [0.3, 0.4) is 0 Å². The number of aryl methyl sites for hydroxylation is 1. The first kappa shape index (κ1) is 13.9. The summed E-state index contributed by atoms with van der Waals surface area (Å²) in [6.45, 7) is 0.312. The van der Waals surface area contributed by atoms with Gasteiger partial charge in [0.1, 0.15) is 11.6 Å². The number of Topliss-reactive ketones (excluding diaryl/α,β-unsaturated/α-hetero) is 1. The molecule has 7 heteroatoms. The third-order valence-electron chi connectivity index (χ3n) is 3.46. The molecule has 0 bridgehead atoms. The van der Waals surface area contributed by atoms with E-state index in [1.165, 1.54) is 11.0 Å². The Balaban J connectivity index is 1.93. The fourth-order valence-electron chi connectivity index (χ4n) is 2.42. The maximum Gasteiger partial charge on any atom is 0.299 e. The summed E-state index contributed by atoms with van der Waals surface area (Å²) in [6, 6.07) is 2.35. The Bertz CT molecular complexity index is 757. The van der Waals surface area contributed by atoms with E-state index >= 15 is 0 Å². The van der Waals surface area contributed by atoms with E-state index in [2.05, 4.69) is 20.9 Å². The van der Waals surface area contributed by atoms with Gasteiger partial charge in [-0.25, -0.2) is 9.37 Å². The molecule has 0 N–H and O–H groups in total. The number of amides is 1. The van der Waals surface area contributed by atoms with Crippen molar-refractivity contribution in [2.24, 2.45) is 7.05 Å². The van der Waals surface area contributed by atoms with Crippen molar-refractivity contribution >= 4 is 33.3 Å². The van der Waals surface area contributed by atoms with Gasteiger partial charge in [0.05, 0.1) is 11.3 Å². The topological polar surface area (TPSA) is 55.2 Å². The second-order valence-corrected chi connectivity index (χ2v) is 5.63. The highest BCUT2D eigenvalue weighted by Gasteiger charge is 2.37. The number of halogens is 2. The SMILES string of the molecule is Cn1ccnc1CCN1C(=O)C(=O)c2cc(F)cc(Br)c21. The van der Waals surface area contributed by atoms with Gasteiger partial charge in [0.15, 0.2) is 0 Å². The summed E-state index contributed by atoms with van der Waals surface area (Å²) >= 11 is 3.22. The summed E-state index contributed by atoms with van der Waals surface area (Å²) in [6.07, 6.45) is 3.99. The van der Waals surface area contributed by atoms with Crippen LogP contribution < -0.4 is 4.90 Å². The van der Waals surface area contributed by atoms with Crippen molar-refractivity contribution in [3.05, 3.63) is 46.2 Å². The third-order valence-corrected chi connectivity index (χ3v) is 4.07. The summed E-state index contributed by atoms with van der Waals surface area (Å²) in [7, 11) is 1.86. The van der Waals surface area contributed by atoms with Crippen LogP contribution in [0.4, 0.5) is 10.1 Å². The molecule has 1 aromatic heterocycles. The first-order valence-electron chi connectivity index (χ1n) is 6.30. The van der Waals surface area contributed by atoms with E-state index in [0.29, 0.717) is 23.1 Å². The quantitative estimate of drug-likeness (QED) is 0.795. The molecular formula is C14H11BrFN3O2. The number of fused-ring (bicyclic) bond motifs is 1. The Morgan fingerprint density at radius 2 is 2.10 bits per heavy atom. The first-order valence-corrected chi connectivity index (χ1v) is 7.10. The molecule has 21 heavy (non-hydrogen) atoms. The molecule has 1 aliphatic rings. The summed E-state index contributed by atoms with van der Waals surface area (Å²) in [4.78, 5) is 29.6. The van der Waals surface area contributed by atoms with Gasteiger partial charge in [-0.2, -0.15) is 0 Å². The van der Waals surface area contributed by atoms with Crippen molar-refractivity contribution in [2.45, 2.75) is 6.42 Å². The Labute approximate surface area is 128 Å². The molecule has 0 spiro atoms. The van der Waals surface area contributed by atoms with Crippen LogP contribution in [-0.2, 0) is 18.3 Å². The van der Waals surface area contributed by atoms with Crippen LogP contribution in [0, 0.1) is 5.82 Å². The highest BCUT2D eigenvalue weighted by atomic mass is 79.9.